The first-order valence-corrected chi connectivity index (χ1v) is 7.46. The number of rotatable bonds is 4. The molecule has 0 saturated carbocycles. The maximum absolute atomic E-state index is 5.61. The Kier molecular flexibility index (Phi) is 4.81. The number of aromatic nitrogens is 1. The second kappa shape index (κ2) is 6.38. The molecule has 1 aromatic rings. The van der Waals surface area contributed by atoms with Gasteiger partial charge in [0.2, 0.25) is 5.88 Å². The van der Waals surface area contributed by atoms with Crippen LogP contribution < -0.4 is 4.74 Å². The van der Waals surface area contributed by atoms with E-state index < -0.39 is 0 Å². The van der Waals surface area contributed by atoms with Crippen LogP contribution in [0.1, 0.15) is 58.6 Å². The second-order valence-corrected chi connectivity index (χ2v) is 5.94. The van der Waals surface area contributed by atoms with Gasteiger partial charge in [0.25, 0.3) is 0 Å². The highest BCUT2D eigenvalue weighted by Gasteiger charge is 2.25. The van der Waals surface area contributed by atoms with E-state index in [1.54, 1.807) is 0 Å². The summed E-state index contributed by atoms with van der Waals surface area (Å²) in [6.45, 7) is 9.81. The third-order valence-electron chi connectivity index (χ3n) is 3.71. The lowest BCUT2D eigenvalue weighted by atomic mass is 9.95. The molecule has 1 saturated heterocycles. The summed E-state index contributed by atoms with van der Waals surface area (Å²) in [4.78, 5) is 7.03. The van der Waals surface area contributed by atoms with Gasteiger partial charge in [-0.3, -0.25) is 4.90 Å². The van der Waals surface area contributed by atoms with Crippen molar-refractivity contribution in [2.24, 2.45) is 0 Å². The van der Waals surface area contributed by atoms with E-state index in [0.717, 1.165) is 5.88 Å². The predicted octanol–water partition coefficient (Wildman–Crippen LogP) is 3.80. The Morgan fingerprint density at radius 2 is 2.00 bits per heavy atom. The third-order valence-corrected chi connectivity index (χ3v) is 3.71. The van der Waals surface area contributed by atoms with Gasteiger partial charge in [-0.1, -0.05) is 12.5 Å². The lowest BCUT2D eigenvalue weighted by Crippen LogP contribution is -2.38. The van der Waals surface area contributed by atoms with Crippen LogP contribution in [0.25, 0.3) is 0 Å². The van der Waals surface area contributed by atoms with Crippen LogP contribution in [0.2, 0.25) is 0 Å². The van der Waals surface area contributed by atoms with Crippen LogP contribution in [0.15, 0.2) is 18.3 Å². The summed E-state index contributed by atoms with van der Waals surface area (Å²) >= 11 is 0. The molecule has 3 nitrogen and oxygen atoms in total. The monoisotopic (exact) mass is 262 g/mol. The fourth-order valence-electron chi connectivity index (χ4n) is 2.83. The van der Waals surface area contributed by atoms with Gasteiger partial charge in [-0.2, -0.15) is 0 Å². The summed E-state index contributed by atoms with van der Waals surface area (Å²) in [6.07, 6.45) is 6.04. The van der Waals surface area contributed by atoms with E-state index in [1.165, 1.54) is 31.4 Å². The zero-order valence-electron chi connectivity index (χ0n) is 12.6. The number of ether oxygens (including phenoxy) is 1. The Morgan fingerprint density at radius 3 is 2.58 bits per heavy atom. The standard InChI is InChI=1S/C16H26N2O/c1-12(2)18-10-6-5-7-15(18)14-8-9-16(17-11-14)19-13(3)4/h8-9,11-13,15H,5-7,10H2,1-4H3/t15-/m1/s1. The molecule has 1 aliphatic heterocycles. The number of hydrogen-bond donors (Lipinski definition) is 0. The highest BCUT2D eigenvalue weighted by atomic mass is 16.5. The Labute approximate surface area is 117 Å². The first-order valence-electron chi connectivity index (χ1n) is 7.46. The zero-order chi connectivity index (χ0) is 13.8. The van der Waals surface area contributed by atoms with Crippen LogP contribution in [-0.4, -0.2) is 28.6 Å². The molecule has 2 rings (SSSR count). The van der Waals surface area contributed by atoms with Gasteiger partial charge in [-0.25, -0.2) is 4.98 Å². The molecule has 106 valence electrons. The summed E-state index contributed by atoms with van der Waals surface area (Å²) in [6, 6.07) is 5.30. The fraction of sp³-hybridized carbons (Fsp3) is 0.688. The molecule has 0 spiro atoms. The molecule has 1 aromatic heterocycles. The van der Waals surface area contributed by atoms with E-state index in [4.69, 9.17) is 4.74 Å². The number of hydrogen-bond acceptors (Lipinski definition) is 3. The molecule has 0 N–H and O–H groups in total. The van der Waals surface area contributed by atoms with Gasteiger partial charge >= 0.3 is 0 Å². The Morgan fingerprint density at radius 1 is 1.21 bits per heavy atom. The van der Waals surface area contributed by atoms with E-state index in [-0.39, 0.29) is 6.10 Å². The summed E-state index contributed by atoms with van der Waals surface area (Å²) in [5, 5.41) is 0. The summed E-state index contributed by atoms with van der Waals surface area (Å²) < 4.78 is 5.61. The second-order valence-electron chi connectivity index (χ2n) is 5.94. The third kappa shape index (κ3) is 3.69. The molecule has 0 unspecified atom stereocenters. The van der Waals surface area contributed by atoms with E-state index in [9.17, 15) is 0 Å². The van der Waals surface area contributed by atoms with Gasteiger partial charge in [-0.15, -0.1) is 0 Å². The lowest BCUT2D eigenvalue weighted by molar-refractivity contribution is 0.111. The van der Waals surface area contributed by atoms with Gasteiger partial charge < -0.3 is 4.74 Å². The molecule has 0 radical (unpaired) electrons. The van der Waals surface area contributed by atoms with E-state index in [0.29, 0.717) is 12.1 Å². The van der Waals surface area contributed by atoms with E-state index in [1.807, 2.05) is 26.1 Å². The minimum absolute atomic E-state index is 0.181. The lowest BCUT2D eigenvalue weighted by Gasteiger charge is -2.38. The molecule has 1 aliphatic rings. The molecule has 2 heterocycles. The van der Waals surface area contributed by atoms with Crippen molar-refractivity contribution >= 4 is 0 Å². The highest BCUT2D eigenvalue weighted by molar-refractivity contribution is 5.21. The molecule has 0 aliphatic carbocycles. The fourth-order valence-corrected chi connectivity index (χ4v) is 2.83. The van der Waals surface area contributed by atoms with Gasteiger partial charge in [0, 0.05) is 24.3 Å². The van der Waals surface area contributed by atoms with Crippen molar-refractivity contribution < 1.29 is 4.74 Å². The van der Waals surface area contributed by atoms with Gasteiger partial charge in [0.05, 0.1) is 6.10 Å². The van der Waals surface area contributed by atoms with Crippen LogP contribution >= 0.6 is 0 Å². The molecule has 0 aromatic carbocycles. The largest absolute Gasteiger partial charge is 0.475 e. The molecule has 0 amide bonds. The molecule has 19 heavy (non-hydrogen) atoms. The van der Waals surface area contributed by atoms with Crippen LogP contribution in [0.4, 0.5) is 0 Å². The van der Waals surface area contributed by atoms with Gasteiger partial charge in [0.1, 0.15) is 0 Å². The van der Waals surface area contributed by atoms with Crippen LogP contribution in [0.5, 0.6) is 5.88 Å². The molecule has 3 heteroatoms. The smallest absolute Gasteiger partial charge is 0.213 e. The Balaban J connectivity index is 2.11. The quantitative estimate of drug-likeness (QED) is 0.825. The summed E-state index contributed by atoms with van der Waals surface area (Å²) in [5.74, 6) is 0.727. The van der Waals surface area contributed by atoms with Gasteiger partial charge in [0.15, 0.2) is 0 Å². The normalized spacial score (nSPS) is 21.1. The minimum Gasteiger partial charge on any atom is -0.475 e. The molecule has 1 atom stereocenters. The summed E-state index contributed by atoms with van der Waals surface area (Å²) in [5.41, 5.74) is 1.32. The van der Waals surface area contributed by atoms with Crippen molar-refractivity contribution in [3.05, 3.63) is 23.9 Å². The van der Waals surface area contributed by atoms with Crippen molar-refractivity contribution in [3.8, 4) is 5.88 Å². The van der Waals surface area contributed by atoms with Crippen LogP contribution in [0.3, 0.4) is 0 Å². The minimum atomic E-state index is 0.181. The van der Waals surface area contributed by atoms with Crippen molar-refractivity contribution in [1.29, 1.82) is 0 Å². The number of pyridine rings is 1. The highest BCUT2D eigenvalue weighted by Crippen LogP contribution is 2.32. The van der Waals surface area contributed by atoms with Crippen molar-refractivity contribution in [2.75, 3.05) is 6.54 Å². The molecular weight excluding hydrogens is 236 g/mol. The van der Waals surface area contributed by atoms with Crippen LogP contribution in [-0.2, 0) is 0 Å². The van der Waals surface area contributed by atoms with Crippen molar-refractivity contribution in [3.63, 3.8) is 0 Å². The molecular formula is C16H26N2O. The maximum atomic E-state index is 5.61. The first kappa shape index (κ1) is 14.3. The van der Waals surface area contributed by atoms with Crippen molar-refractivity contribution in [1.82, 2.24) is 9.88 Å². The molecule has 0 bridgehead atoms. The Bertz CT molecular complexity index is 386. The first-order chi connectivity index (χ1) is 9.08. The predicted molar refractivity (Wildman–Crippen MR) is 78.4 cm³/mol. The summed E-state index contributed by atoms with van der Waals surface area (Å²) in [7, 11) is 0. The average molecular weight is 262 g/mol. The zero-order valence-corrected chi connectivity index (χ0v) is 12.6. The van der Waals surface area contributed by atoms with Gasteiger partial charge in [-0.05, 0) is 52.6 Å². The van der Waals surface area contributed by atoms with E-state index in [2.05, 4.69) is 29.8 Å². The van der Waals surface area contributed by atoms with E-state index >= 15 is 0 Å². The topological polar surface area (TPSA) is 25.4 Å². The van der Waals surface area contributed by atoms with Crippen molar-refractivity contribution in [2.45, 2.75) is 65.1 Å². The molecule has 1 fully saturated rings. The number of likely N-dealkylation sites (tertiary alicyclic amines) is 1. The maximum Gasteiger partial charge on any atom is 0.213 e. The SMILES string of the molecule is CC(C)Oc1ccc([C@H]2CCCCN2C(C)C)cn1. The number of piperidine rings is 1. The number of nitrogens with zero attached hydrogens (tertiary/aromatic N) is 2. The van der Waals surface area contributed by atoms with Crippen LogP contribution in [0, 0.1) is 0 Å². The Hall–Kier alpha value is -1.09. The average Bonchev–Trinajstić information content (AvgIpc) is 2.39.